The third-order valence-corrected chi connectivity index (χ3v) is 11.5. The third-order valence-electron chi connectivity index (χ3n) is 7.01. The maximum atomic E-state index is 13.7. The zero-order valence-corrected chi connectivity index (χ0v) is 20.0. The van der Waals surface area contributed by atoms with Gasteiger partial charge in [-0.2, -0.15) is 0 Å². The van der Waals surface area contributed by atoms with E-state index in [0.29, 0.717) is 5.56 Å². The molecule has 3 aromatic rings. The number of rotatable bonds is 7. The Morgan fingerprint density at radius 1 is 0.906 bits per heavy atom. The lowest BCUT2D eigenvalue weighted by Crippen LogP contribution is -2.68. The molecule has 0 radical (unpaired) electrons. The number of amides is 1. The number of Topliss-reactive ketones (excluding diaryl/α,β-unsaturated/α-hetero) is 1. The van der Waals surface area contributed by atoms with Crippen LogP contribution in [0.2, 0.25) is 18.6 Å². The lowest BCUT2D eigenvalue weighted by Gasteiger charge is -2.51. The molecule has 4 nitrogen and oxygen atoms in total. The topological polar surface area (TPSA) is 46.6 Å². The largest absolute Gasteiger partial charge is 0.497 e. The van der Waals surface area contributed by atoms with E-state index in [1.165, 1.54) is 5.19 Å². The van der Waals surface area contributed by atoms with Gasteiger partial charge in [0.25, 0.3) is 0 Å². The fraction of sp³-hybridized carbons (Fsp3) is 0.259. The van der Waals surface area contributed by atoms with Crippen LogP contribution < -0.4 is 14.8 Å². The van der Waals surface area contributed by atoms with Gasteiger partial charge in [0.15, 0.2) is 5.78 Å². The van der Waals surface area contributed by atoms with E-state index in [1.807, 2.05) is 60.7 Å². The first-order valence-corrected chi connectivity index (χ1v) is 14.1. The van der Waals surface area contributed by atoms with Crippen molar-refractivity contribution in [2.24, 2.45) is 5.92 Å². The summed E-state index contributed by atoms with van der Waals surface area (Å²) in [4.78, 5) is 28.9. The van der Waals surface area contributed by atoms with Crippen LogP contribution in [0, 0.1) is 5.92 Å². The van der Waals surface area contributed by atoms with E-state index >= 15 is 0 Å². The first kappa shape index (κ1) is 22.0. The number of hydrogen-bond donors (Lipinski definition) is 0. The quantitative estimate of drug-likeness (QED) is 0.296. The molecule has 0 N–H and O–H groups in total. The summed E-state index contributed by atoms with van der Waals surface area (Å²) in [5.74, 6) is 0.394. The number of nitrogens with zero attached hydrogens (tertiary/aromatic N) is 1. The lowest BCUT2D eigenvalue weighted by atomic mass is 9.79. The van der Waals surface area contributed by atoms with Gasteiger partial charge in [-0.05, 0) is 29.8 Å². The zero-order chi connectivity index (χ0) is 22.9. The summed E-state index contributed by atoms with van der Waals surface area (Å²) < 4.78 is 5.26. The molecule has 164 valence electrons. The van der Waals surface area contributed by atoms with E-state index in [2.05, 4.69) is 44.3 Å². The van der Waals surface area contributed by atoms with Crippen LogP contribution >= 0.6 is 0 Å². The molecular formula is C27H29NO3Si. The van der Waals surface area contributed by atoms with Gasteiger partial charge in [0.1, 0.15) is 11.8 Å². The molecular weight excluding hydrogens is 414 g/mol. The molecule has 1 heterocycles. The van der Waals surface area contributed by atoms with Crippen LogP contribution in [0.3, 0.4) is 0 Å². The average Bonchev–Trinajstić information content (AvgIpc) is 2.83. The van der Waals surface area contributed by atoms with Crippen LogP contribution in [0.5, 0.6) is 5.75 Å². The maximum Gasteiger partial charge on any atom is 0.233 e. The fourth-order valence-corrected chi connectivity index (χ4v) is 7.46. The second-order valence-corrected chi connectivity index (χ2v) is 13.9. The van der Waals surface area contributed by atoms with E-state index in [0.717, 1.165) is 11.4 Å². The van der Waals surface area contributed by atoms with Crippen molar-refractivity contribution in [1.29, 1.82) is 0 Å². The molecule has 1 amide bonds. The predicted molar refractivity (Wildman–Crippen MR) is 132 cm³/mol. The smallest absolute Gasteiger partial charge is 0.233 e. The number of carbonyl (C=O) groups is 2. The Morgan fingerprint density at radius 3 is 2.03 bits per heavy atom. The van der Waals surface area contributed by atoms with Gasteiger partial charge in [0.05, 0.1) is 21.1 Å². The van der Waals surface area contributed by atoms with Gasteiger partial charge < -0.3 is 9.64 Å². The lowest BCUT2D eigenvalue weighted by molar-refractivity contribution is -0.129. The van der Waals surface area contributed by atoms with E-state index in [-0.39, 0.29) is 23.1 Å². The zero-order valence-electron chi connectivity index (χ0n) is 19.0. The fourth-order valence-electron chi connectivity index (χ4n) is 4.66. The van der Waals surface area contributed by atoms with Crippen molar-refractivity contribution in [3.05, 3.63) is 90.5 Å². The van der Waals surface area contributed by atoms with Crippen molar-refractivity contribution >= 4 is 30.6 Å². The first-order valence-electron chi connectivity index (χ1n) is 11.0. The SMILES string of the molecule is COc1ccc(N2C(=O)[C@H]([C@H](C)[Si](C)(C)c3ccccc3)[C@@H]2C(=O)c2ccccc2)cc1. The molecule has 0 unspecified atom stereocenters. The number of ether oxygens (including phenoxy) is 1. The van der Waals surface area contributed by atoms with Gasteiger partial charge in [0.2, 0.25) is 5.91 Å². The Hall–Kier alpha value is -3.18. The van der Waals surface area contributed by atoms with Crippen LogP contribution in [-0.2, 0) is 4.79 Å². The highest BCUT2D eigenvalue weighted by Crippen LogP contribution is 2.44. The van der Waals surface area contributed by atoms with Crippen molar-refractivity contribution < 1.29 is 14.3 Å². The number of anilines is 1. The minimum absolute atomic E-state index is 0.00395. The Balaban J connectivity index is 1.72. The van der Waals surface area contributed by atoms with Crippen molar-refractivity contribution in [1.82, 2.24) is 0 Å². The molecule has 1 fully saturated rings. The van der Waals surface area contributed by atoms with Crippen LogP contribution in [0.1, 0.15) is 17.3 Å². The predicted octanol–water partition coefficient (Wildman–Crippen LogP) is 4.92. The summed E-state index contributed by atoms with van der Waals surface area (Å²) >= 11 is 0. The molecule has 32 heavy (non-hydrogen) atoms. The number of β-lactam (4-membered cyclic amide) rings is 1. The number of benzene rings is 3. The van der Waals surface area contributed by atoms with Crippen LogP contribution in [-0.4, -0.2) is 32.9 Å². The van der Waals surface area contributed by atoms with Gasteiger partial charge in [-0.1, -0.05) is 85.9 Å². The summed E-state index contributed by atoms with van der Waals surface area (Å²) in [6, 6.07) is 26.6. The van der Waals surface area contributed by atoms with Gasteiger partial charge >= 0.3 is 0 Å². The highest BCUT2D eigenvalue weighted by Gasteiger charge is 2.57. The molecule has 0 aromatic heterocycles. The van der Waals surface area contributed by atoms with E-state index in [4.69, 9.17) is 4.74 Å². The van der Waals surface area contributed by atoms with Crippen LogP contribution in [0.15, 0.2) is 84.9 Å². The molecule has 1 saturated heterocycles. The number of hydrogen-bond acceptors (Lipinski definition) is 3. The van der Waals surface area contributed by atoms with Crippen LogP contribution in [0.25, 0.3) is 0 Å². The van der Waals surface area contributed by atoms with Gasteiger partial charge in [-0.25, -0.2) is 0 Å². The number of carbonyl (C=O) groups excluding carboxylic acids is 2. The molecule has 4 rings (SSSR count). The normalized spacial score (nSPS) is 19.2. The van der Waals surface area contributed by atoms with Crippen molar-refractivity contribution in [2.75, 3.05) is 12.0 Å². The molecule has 0 aliphatic carbocycles. The van der Waals surface area contributed by atoms with Gasteiger partial charge in [-0.15, -0.1) is 0 Å². The Morgan fingerprint density at radius 2 is 1.47 bits per heavy atom. The summed E-state index contributed by atoms with van der Waals surface area (Å²) in [7, 11) is -0.400. The molecule has 0 spiro atoms. The highest BCUT2D eigenvalue weighted by atomic mass is 28.3. The molecule has 0 bridgehead atoms. The van der Waals surface area contributed by atoms with E-state index in [9.17, 15) is 9.59 Å². The van der Waals surface area contributed by atoms with Crippen molar-refractivity contribution in [3.63, 3.8) is 0 Å². The van der Waals surface area contributed by atoms with Gasteiger partial charge in [0, 0.05) is 11.3 Å². The van der Waals surface area contributed by atoms with Crippen LogP contribution in [0.4, 0.5) is 5.69 Å². The Labute approximate surface area is 190 Å². The molecule has 0 saturated carbocycles. The van der Waals surface area contributed by atoms with Gasteiger partial charge in [-0.3, -0.25) is 9.59 Å². The second-order valence-electron chi connectivity index (χ2n) is 8.98. The Bertz CT molecular complexity index is 1100. The summed E-state index contributed by atoms with van der Waals surface area (Å²) in [5, 5.41) is 1.30. The van der Waals surface area contributed by atoms with Crippen molar-refractivity contribution in [2.45, 2.75) is 31.6 Å². The average molecular weight is 444 g/mol. The van der Waals surface area contributed by atoms with E-state index in [1.54, 1.807) is 12.0 Å². The summed E-state index contributed by atoms with van der Waals surface area (Å²) in [5.41, 5.74) is 1.47. The van der Waals surface area contributed by atoms with Crippen molar-refractivity contribution in [3.8, 4) is 5.75 Å². The van der Waals surface area contributed by atoms with E-state index < -0.39 is 14.1 Å². The monoisotopic (exact) mass is 443 g/mol. The summed E-state index contributed by atoms with van der Waals surface area (Å²) in [6.07, 6.45) is 0. The molecule has 3 aromatic carbocycles. The first-order chi connectivity index (χ1) is 15.4. The minimum Gasteiger partial charge on any atom is -0.497 e. The number of methoxy groups -OCH3 is 1. The molecule has 1 aliphatic heterocycles. The third kappa shape index (κ3) is 3.77. The maximum absolute atomic E-state index is 13.7. The summed E-state index contributed by atoms with van der Waals surface area (Å²) in [6.45, 7) is 6.74. The minimum atomic E-state index is -2.01. The molecule has 1 aliphatic rings. The number of ketones is 1. The molecule has 5 heteroatoms. The Kier molecular flexibility index (Phi) is 6.02. The second kappa shape index (κ2) is 8.75. The standard InChI is InChI=1S/C27H29NO3Si/c1-19(32(3,4)23-13-9-6-10-14-23)24-25(26(29)20-11-7-5-8-12-20)28(27(24)30)21-15-17-22(31-2)18-16-21/h5-19,24-25H,1-4H3/t19-,24+,25+/m0/s1. The highest BCUT2D eigenvalue weighted by molar-refractivity contribution is 6.91. The molecule has 3 atom stereocenters.